The molecule has 20 heavy (non-hydrogen) atoms. The summed E-state index contributed by atoms with van der Waals surface area (Å²) in [5.41, 5.74) is 0.512. The maximum absolute atomic E-state index is 12.7. The molecule has 1 aliphatic heterocycles. The Balaban J connectivity index is 2.15. The van der Waals surface area contributed by atoms with Crippen LogP contribution in [0.2, 0.25) is 0 Å². The number of piperazine rings is 1. The number of amides is 2. The van der Waals surface area contributed by atoms with Crippen LogP contribution in [-0.2, 0) is 16.0 Å². The summed E-state index contributed by atoms with van der Waals surface area (Å²) in [4.78, 5) is 26.6. The molecule has 1 N–H and O–H groups in total. The zero-order valence-electron chi connectivity index (χ0n) is 12.3. The Bertz CT molecular complexity index is 480. The molecule has 2 rings (SSSR count). The van der Waals surface area contributed by atoms with Gasteiger partial charge >= 0.3 is 0 Å². The van der Waals surface area contributed by atoms with Crippen molar-refractivity contribution in [2.75, 3.05) is 6.54 Å². The lowest BCUT2D eigenvalue weighted by atomic mass is 9.87. The predicted octanol–water partition coefficient (Wildman–Crippen LogP) is 2.20. The normalized spacial score (nSPS) is 21.9. The van der Waals surface area contributed by atoms with Crippen molar-refractivity contribution in [1.82, 2.24) is 10.2 Å². The van der Waals surface area contributed by atoms with Crippen LogP contribution < -0.4 is 5.32 Å². The summed E-state index contributed by atoms with van der Waals surface area (Å²) < 4.78 is 0. The summed E-state index contributed by atoms with van der Waals surface area (Å²) in [5, 5.41) is 7.05. The van der Waals surface area contributed by atoms with Crippen LogP contribution in [0.1, 0.15) is 39.2 Å². The molecule has 1 aliphatic rings. The maximum Gasteiger partial charge on any atom is 0.248 e. The van der Waals surface area contributed by atoms with Crippen LogP contribution in [-0.4, -0.2) is 34.8 Å². The first-order valence-electron chi connectivity index (χ1n) is 7.18. The van der Waals surface area contributed by atoms with E-state index in [0.717, 1.165) is 6.42 Å². The van der Waals surface area contributed by atoms with E-state index in [1.807, 2.05) is 19.2 Å². The molecule has 0 aliphatic carbocycles. The molecule has 1 atom stereocenters. The topological polar surface area (TPSA) is 49.4 Å². The number of hydrogen-bond donors (Lipinski definition) is 1. The SMILES string of the molecule is CCC1(CC)NC(=O)C(C)N(CCc2ccsc2)C1=O. The highest BCUT2D eigenvalue weighted by Gasteiger charge is 2.46. The third-order valence-corrected chi connectivity index (χ3v) is 5.04. The molecule has 110 valence electrons. The quantitative estimate of drug-likeness (QED) is 0.905. The Hall–Kier alpha value is -1.36. The molecule has 0 spiro atoms. The number of thiophene rings is 1. The standard InChI is InChI=1S/C15H22N2O2S/c1-4-15(5-2)14(19)17(11(3)13(18)16-15)8-6-12-7-9-20-10-12/h7,9-11H,4-6,8H2,1-3H3,(H,16,18). The van der Waals surface area contributed by atoms with Gasteiger partial charge in [0.2, 0.25) is 11.8 Å². The van der Waals surface area contributed by atoms with Crippen molar-refractivity contribution in [3.63, 3.8) is 0 Å². The molecule has 1 aromatic heterocycles. The molecule has 2 heterocycles. The van der Waals surface area contributed by atoms with E-state index in [9.17, 15) is 9.59 Å². The van der Waals surface area contributed by atoms with E-state index in [2.05, 4.69) is 16.8 Å². The molecule has 0 bridgehead atoms. The van der Waals surface area contributed by atoms with Gasteiger partial charge in [0, 0.05) is 6.54 Å². The Labute approximate surface area is 124 Å². The van der Waals surface area contributed by atoms with E-state index in [-0.39, 0.29) is 17.9 Å². The summed E-state index contributed by atoms with van der Waals surface area (Å²) in [6.07, 6.45) is 2.07. The molecule has 0 radical (unpaired) electrons. The van der Waals surface area contributed by atoms with Crippen molar-refractivity contribution in [3.8, 4) is 0 Å². The third kappa shape index (κ3) is 2.59. The van der Waals surface area contributed by atoms with Crippen LogP contribution in [0, 0.1) is 0 Å². The molecule has 0 aromatic carbocycles. The molecule has 1 fully saturated rings. The van der Waals surface area contributed by atoms with E-state index >= 15 is 0 Å². The smallest absolute Gasteiger partial charge is 0.248 e. The fourth-order valence-electron chi connectivity index (χ4n) is 2.69. The van der Waals surface area contributed by atoms with Gasteiger partial charge in [0.15, 0.2) is 0 Å². The Morgan fingerprint density at radius 1 is 1.35 bits per heavy atom. The summed E-state index contributed by atoms with van der Waals surface area (Å²) in [5.74, 6) is 0.0171. The number of carbonyl (C=O) groups excluding carboxylic acids is 2. The minimum Gasteiger partial charge on any atom is -0.340 e. The van der Waals surface area contributed by atoms with Gasteiger partial charge in [-0.25, -0.2) is 0 Å². The summed E-state index contributed by atoms with van der Waals surface area (Å²) >= 11 is 1.65. The molecule has 4 nitrogen and oxygen atoms in total. The van der Waals surface area contributed by atoms with Gasteiger partial charge in [-0.1, -0.05) is 13.8 Å². The van der Waals surface area contributed by atoms with E-state index in [0.29, 0.717) is 19.4 Å². The van der Waals surface area contributed by atoms with Gasteiger partial charge in [-0.05, 0) is 48.6 Å². The fourth-order valence-corrected chi connectivity index (χ4v) is 3.40. The molecular weight excluding hydrogens is 272 g/mol. The van der Waals surface area contributed by atoms with Gasteiger partial charge in [0.1, 0.15) is 11.6 Å². The van der Waals surface area contributed by atoms with Crippen LogP contribution in [0.4, 0.5) is 0 Å². The number of nitrogens with one attached hydrogen (secondary N) is 1. The van der Waals surface area contributed by atoms with Gasteiger partial charge < -0.3 is 10.2 Å². The van der Waals surface area contributed by atoms with Gasteiger partial charge in [0.25, 0.3) is 0 Å². The Morgan fingerprint density at radius 2 is 2.05 bits per heavy atom. The largest absolute Gasteiger partial charge is 0.340 e. The Morgan fingerprint density at radius 3 is 2.60 bits per heavy atom. The fraction of sp³-hybridized carbons (Fsp3) is 0.600. The first-order chi connectivity index (χ1) is 9.54. The van der Waals surface area contributed by atoms with Crippen molar-refractivity contribution in [2.45, 2.75) is 51.6 Å². The monoisotopic (exact) mass is 294 g/mol. The molecule has 2 amide bonds. The van der Waals surface area contributed by atoms with Gasteiger partial charge in [-0.2, -0.15) is 11.3 Å². The van der Waals surface area contributed by atoms with Gasteiger partial charge in [-0.3, -0.25) is 9.59 Å². The first-order valence-corrected chi connectivity index (χ1v) is 8.12. The first kappa shape index (κ1) is 15.0. The molecule has 5 heteroatoms. The van der Waals surface area contributed by atoms with E-state index < -0.39 is 5.54 Å². The second-order valence-electron chi connectivity index (χ2n) is 5.33. The van der Waals surface area contributed by atoms with Gasteiger partial charge in [-0.15, -0.1) is 0 Å². The maximum atomic E-state index is 12.7. The molecular formula is C15H22N2O2S. The summed E-state index contributed by atoms with van der Waals surface area (Å²) in [7, 11) is 0. The highest BCUT2D eigenvalue weighted by atomic mass is 32.1. The molecule has 1 aromatic rings. The van der Waals surface area contributed by atoms with Crippen LogP contribution in [0.15, 0.2) is 16.8 Å². The van der Waals surface area contributed by atoms with E-state index in [1.54, 1.807) is 23.2 Å². The second-order valence-corrected chi connectivity index (χ2v) is 6.11. The zero-order chi connectivity index (χ0) is 14.8. The minimum atomic E-state index is -0.710. The van der Waals surface area contributed by atoms with Crippen LogP contribution in [0.5, 0.6) is 0 Å². The highest BCUT2D eigenvalue weighted by Crippen LogP contribution is 2.25. The average molecular weight is 294 g/mol. The summed E-state index contributed by atoms with van der Waals surface area (Å²) in [6.45, 7) is 6.31. The van der Waals surface area contributed by atoms with E-state index in [1.165, 1.54) is 5.56 Å². The summed E-state index contributed by atoms with van der Waals surface area (Å²) in [6, 6.07) is 1.68. The van der Waals surface area contributed by atoms with Gasteiger partial charge in [0.05, 0.1) is 0 Å². The van der Waals surface area contributed by atoms with E-state index in [4.69, 9.17) is 0 Å². The average Bonchev–Trinajstić information content (AvgIpc) is 2.96. The molecule has 1 unspecified atom stereocenters. The number of hydrogen-bond acceptors (Lipinski definition) is 3. The van der Waals surface area contributed by atoms with Crippen molar-refractivity contribution in [2.24, 2.45) is 0 Å². The predicted molar refractivity (Wildman–Crippen MR) is 80.7 cm³/mol. The van der Waals surface area contributed by atoms with Crippen molar-refractivity contribution >= 4 is 23.2 Å². The van der Waals surface area contributed by atoms with Crippen molar-refractivity contribution in [1.29, 1.82) is 0 Å². The van der Waals surface area contributed by atoms with Crippen LogP contribution in [0.25, 0.3) is 0 Å². The van der Waals surface area contributed by atoms with Crippen molar-refractivity contribution < 1.29 is 9.59 Å². The highest BCUT2D eigenvalue weighted by molar-refractivity contribution is 7.07. The zero-order valence-corrected chi connectivity index (χ0v) is 13.1. The number of nitrogens with zero attached hydrogens (tertiary/aromatic N) is 1. The van der Waals surface area contributed by atoms with Crippen LogP contribution >= 0.6 is 11.3 Å². The van der Waals surface area contributed by atoms with Crippen molar-refractivity contribution in [3.05, 3.63) is 22.4 Å². The number of carbonyl (C=O) groups is 2. The minimum absolute atomic E-state index is 0.0429. The number of rotatable bonds is 5. The second kappa shape index (κ2) is 5.95. The van der Waals surface area contributed by atoms with Crippen LogP contribution in [0.3, 0.4) is 0 Å². The lowest BCUT2D eigenvalue weighted by molar-refractivity contribution is -0.154. The third-order valence-electron chi connectivity index (χ3n) is 4.31. The lowest BCUT2D eigenvalue weighted by Gasteiger charge is -2.44. The molecule has 1 saturated heterocycles. The molecule has 0 saturated carbocycles. The Kier molecular flexibility index (Phi) is 4.48. The lowest BCUT2D eigenvalue weighted by Crippen LogP contribution is -2.69.